The van der Waals surface area contributed by atoms with Crippen molar-refractivity contribution in [2.75, 3.05) is 18.8 Å². The number of carboxylic acid groups (broad SMARTS) is 1. The summed E-state index contributed by atoms with van der Waals surface area (Å²) in [6, 6.07) is 0.682. The summed E-state index contributed by atoms with van der Waals surface area (Å²) in [5.41, 5.74) is 0. The normalized spacial score (nSPS) is 19.8. The van der Waals surface area contributed by atoms with Gasteiger partial charge < -0.3 is 14.6 Å². The highest BCUT2D eigenvalue weighted by molar-refractivity contribution is 7.99. The molecular formula is C14H24N4O2S. The molecule has 0 radical (unpaired) electrons. The molecule has 1 saturated heterocycles. The van der Waals surface area contributed by atoms with Gasteiger partial charge in [0.05, 0.1) is 5.75 Å². The highest BCUT2D eigenvalue weighted by Gasteiger charge is 2.18. The SMILES string of the molecule is Cc1nnc(SCC(=O)O)n1CCCN1CCCCC1C. The van der Waals surface area contributed by atoms with E-state index in [1.807, 2.05) is 11.5 Å². The first-order chi connectivity index (χ1) is 10.1. The average Bonchev–Trinajstić information content (AvgIpc) is 2.80. The van der Waals surface area contributed by atoms with Gasteiger partial charge >= 0.3 is 5.97 Å². The van der Waals surface area contributed by atoms with Gasteiger partial charge in [0.15, 0.2) is 5.16 Å². The second-order valence-electron chi connectivity index (χ2n) is 5.60. The lowest BCUT2D eigenvalue weighted by Crippen LogP contribution is -2.38. The number of hydrogen-bond donors (Lipinski definition) is 1. The zero-order chi connectivity index (χ0) is 15.2. The van der Waals surface area contributed by atoms with Crippen LogP contribution in [0.4, 0.5) is 0 Å². The maximum absolute atomic E-state index is 10.7. The van der Waals surface area contributed by atoms with Crippen LogP contribution in [-0.2, 0) is 11.3 Å². The van der Waals surface area contributed by atoms with E-state index >= 15 is 0 Å². The molecule has 7 heteroatoms. The zero-order valence-electron chi connectivity index (χ0n) is 12.8. The lowest BCUT2D eigenvalue weighted by atomic mass is 10.0. The van der Waals surface area contributed by atoms with Gasteiger partial charge in [-0.2, -0.15) is 0 Å². The molecule has 118 valence electrons. The summed E-state index contributed by atoms with van der Waals surface area (Å²) in [5.74, 6) is 0.0605. The van der Waals surface area contributed by atoms with Crippen molar-refractivity contribution < 1.29 is 9.90 Å². The molecule has 1 unspecified atom stereocenters. The summed E-state index contributed by atoms with van der Waals surface area (Å²) >= 11 is 1.24. The second-order valence-corrected chi connectivity index (χ2v) is 6.54. The van der Waals surface area contributed by atoms with E-state index < -0.39 is 5.97 Å². The fourth-order valence-corrected chi connectivity index (χ4v) is 3.50. The molecule has 1 aliphatic heterocycles. The molecule has 0 spiro atoms. The van der Waals surface area contributed by atoms with Crippen LogP contribution in [0.5, 0.6) is 0 Å². The van der Waals surface area contributed by atoms with E-state index in [0.717, 1.165) is 25.3 Å². The number of piperidine rings is 1. The fourth-order valence-electron chi connectivity index (χ4n) is 2.77. The van der Waals surface area contributed by atoms with Crippen LogP contribution in [0, 0.1) is 6.92 Å². The first kappa shape index (κ1) is 16.3. The zero-order valence-corrected chi connectivity index (χ0v) is 13.6. The lowest BCUT2D eigenvalue weighted by Gasteiger charge is -2.33. The average molecular weight is 312 g/mol. The number of rotatable bonds is 7. The van der Waals surface area contributed by atoms with E-state index in [9.17, 15) is 4.79 Å². The summed E-state index contributed by atoms with van der Waals surface area (Å²) < 4.78 is 2.03. The van der Waals surface area contributed by atoms with Gasteiger partial charge in [0.25, 0.3) is 0 Å². The van der Waals surface area contributed by atoms with Crippen LogP contribution in [0.15, 0.2) is 5.16 Å². The minimum Gasteiger partial charge on any atom is -0.481 e. The Bertz CT molecular complexity index is 478. The molecule has 0 amide bonds. The predicted molar refractivity (Wildman–Crippen MR) is 82.6 cm³/mol. The van der Waals surface area contributed by atoms with Gasteiger partial charge in [0.1, 0.15) is 5.82 Å². The molecule has 1 fully saturated rings. The quantitative estimate of drug-likeness (QED) is 0.777. The standard InChI is InChI=1S/C14H24N4O2S/c1-11-6-3-4-7-17(11)8-5-9-18-12(2)15-16-14(18)21-10-13(19)20/h11H,3-10H2,1-2H3,(H,19,20). The smallest absolute Gasteiger partial charge is 0.313 e. The van der Waals surface area contributed by atoms with E-state index in [2.05, 4.69) is 22.0 Å². The maximum Gasteiger partial charge on any atom is 0.313 e. The second kappa shape index (κ2) is 7.79. The van der Waals surface area contributed by atoms with Crippen molar-refractivity contribution in [1.29, 1.82) is 0 Å². The van der Waals surface area contributed by atoms with Crippen molar-refractivity contribution >= 4 is 17.7 Å². The number of carboxylic acids is 1. The number of likely N-dealkylation sites (tertiary alicyclic amines) is 1. The highest BCUT2D eigenvalue weighted by Crippen LogP contribution is 2.19. The van der Waals surface area contributed by atoms with Gasteiger partial charge in [-0.05, 0) is 39.7 Å². The van der Waals surface area contributed by atoms with Gasteiger partial charge in [-0.1, -0.05) is 18.2 Å². The van der Waals surface area contributed by atoms with Crippen LogP contribution in [0.2, 0.25) is 0 Å². The van der Waals surface area contributed by atoms with E-state index in [1.54, 1.807) is 0 Å². The maximum atomic E-state index is 10.7. The summed E-state index contributed by atoms with van der Waals surface area (Å²) in [6.07, 6.45) is 4.99. The highest BCUT2D eigenvalue weighted by atomic mass is 32.2. The molecular weight excluding hydrogens is 288 g/mol. The van der Waals surface area contributed by atoms with Crippen LogP contribution in [0.25, 0.3) is 0 Å². The van der Waals surface area contributed by atoms with Crippen molar-refractivity contribution in [3.05, 3.63) is 5.82 Å². The van der Waals surface area contributed by atoms with Crippen molar-refractivity contribution in [2.24, 2.45) is 0 Å². The van der Waals surface area contributed by atoms with E-state index in [-0.39, 0.29) is 5.75 Å². The van der Waals surface area contributed by atoms with Crippen molar-refractivity contribution in [1.82, 2.24) is 19.7 Å². The molecule has 1 aromatic heterocycles. The Kier molecular flexibility index (Phi) is 6.05. The Morgan fingerprint density at radius 3 is 2.90 bits per heavy atom. The first-order valence-electron chi connectivity index (χ1n) is 7.56. The Labute approximate surface area is 129 Å². The third-order valence-corrected chi connectivity index (χ3v) is 4.95. The number of aryl methyl sites for hydroxylation is 1. The number of thioether (sulfide) groups is 1. The van der Waals surface area contributed by atoms with Crippen LogP contribution >= 0.6 is 11.8 Å². The Morgan fingerprint density at radius 1 is 1.38 bits per heavy atom. The summed E-state index contributed by atoms with van der Waals surface area (Å²) in [7, 11) is 0. The summed E-state index contributed by atoms with van der Waals surface area (Å²) in [5, 5.41) is 17.6. The minimum atomic E-state index is -0.825. The topological polar surface area (TPSA) is 71.2 Å². The van der Waals surface area contributed by atoms with Crippen LogP contribution in [-0.4, -0.2) is 55.6 Å². The molecule has 0 saturated carbocycles. The molecule has 1 aromatic rings. The monoisotopic (exact) mass is 312 g/mol. The molecule has 0 bridgehead atoms. The molecule has 2 heterocycles. The van der Waals surface area contributed by atoms with Crippen LogP contribution < -0.4 is 0 Å². The minimum absolute atomic E-state index is 0.0291. The molecule has 1 aliphatic rings. The third-order valence-electron chi connectivity index (χ3n) is 3.99. The van der Waals surface area contributed by atoms with Crippen LogP contribution in [0.3, 0.4) is 0 Å². The predicted octanol–water partition coefficient (Wildman–Crippen LogP) is 2.03. The number of hydrogen-bond acceptors (Lipinski definition) is 5. The Morgan fingerprint density at radius 2 is 2.19 bits per heavy atom. The van der Waals surface area contributed by atoms with E-state index in [0.29, 0.717) is 11.2 Å². The molecule has 2 rings (SSSR count). The van der Waals surface area contributed by atoms with E-state index in [4.69, 9.17) is 5.11 Å². The summed E-state index contributed by atoms with van der Waals surface area (Å²) in [6.45, 7) is 7.35. The summed E-state index contributed by atoms with van der Waals surface area (Å²) in [4.78, 5) is 13.2. The van der Waals surface area contributed by atoms with E-state index in [1.165, 1.54) is 37.6 Å². The first-order valence-corrected chi connectivity index (χ1v) is 8.55. The van der Waals surface area contributed by atoms with Gasteiger partial charge in [-0.15, -0.1) is 10.2 Å². The van der Waals surface area contributed by atoms with Gasteiger partial charge in [0.2, 0.25) is 0 Å². The molecule has 0 aliphatic carbocycles. The fraction of sp³-hybridized carbons (Fsp3) is 0.786. The Hall–Kier alpha value is -1.08. The number of nitrogens with zero attached hydrogens (tertiary/aromatic N) is 4. The molecule has 21 heavy (non-hydrogen) atoms. The lowest BCUT2D eigenvalue weighted by molar-refractivity contribution is -0.133. The molecule has 0 aromatic carbocycles. The van der Waals surface area contributed by atoms with Gasteiger partial charge in [0, 0.05) is 19.1 Å². The molecule has 6 nitrogen and oxygen atoms in total. The molecule has 1 N–H and O–H groups in total. The van der Waals surface area contributed by atoms with Crippen LogP contribution in [0.1, 0.15) is 38.4 Å². The van der Waals surface area contributed by atoms with Crippen molar-refractivity contribution in [2.45, 2.75) is 57.3 Å². The van der Waals surface area contributed by atoms with Crippen molar-refractivity contribution in [3.63, 3.8) is 0 Å². The van der Waals surface area contributed by atoms with Crippen molar-refractivity contribution in [3.8, 4) is 0 Å². The van der Waals surface area contributed by atoms with Gasteiger partial charge in [-0.25, -0.2) is 0 Å². The largest absolute Gasteiger partial charge is 0.481 e. The number of aromatic nitrogens is 3. The number of aliphatic carboxylic acids is 1. The molecule has 1 atom stereocenters. The van der Waals surface area contributed by atoms with Gasteiger partial charge in [-0.3, -0.25) is 4.79 Å². The third kappa shape index (κ3) is 4.71. The Balaban J connectivity index is 1.84. The number of carbonyl (C=O) groups is 1.